The van der Waals surface area contributed by atoms with Gasteiger partial charge in [-0.2, -0.15) is 13.2 Å². The highest BCUT2D eigenvalue weighted by Gasteiger charge is 2.30. The second-order valence-corrected chi connectivity index (χ2v) is 4.57. The van der Waals surface area contributed by atoms with E-state index in [1.54, 1.807) is 6.07 Å². The van der Waals surface area contributed by atoms with Crippen LogP contribution < -0.4 is 5.32 Å². The lowest BCUT2D eigenvalue weighted by Crippen LogP contribution is -2.27. The fourth-order valence-electron chi connectivity index (χ4n) is 1.65. The van der Waals surface area contributed by atoms with Crippen molar-refractivity contribution in [1.82, 2.24) is 5.32 Å². The Morgan fingerprint density at radius 1 is 1.09 bits per heavy atom. The predicted molar refractivity (Wildman–Crippen MR) is 92.8 cm³/mol. The van der Waals surface area contributed by atoms with Crippen LogP contribution in [0.1, 0.15) is 59.1 Å². The molecule has 0 heterocycles. The molecule has 0 saturated carbocycles. The maximum atomic E-state index is 12.4. The average Bonchev–Trinajstić information content (AvgIpc) is 2.41. The number of rotatable bonds is 4. The van der Waals surface area contributed by atoms with Crippen LogP contribution in [0.25, 0.3) is 0 Å². The highest BCUT2D eigenvalue weighted by atomic mass is 35.5. The van der Waals surface area contributed by atoms with Crippen molar-refractivity contribution >= 4 is 12.4 Å². The smallest absolute Gasteiger partial charge is 0.314 e. The van der Waals surface area contributed by atoms with Crippen molar-refractivity contribution in [1.29, 1.82) is 0 Å². The van der Waals surface area contributed by atoms with E-state index < -0.39 is 11.7 Å². The third kappa shape index (κ3) is 13.0. The molecule has 0 radical (unpaired) electrons. The van der Waals surface area contributed by atoms with Gasteiger partial charge < -0.3 is 5.32 Å². The fraction of sp³-hybridized carbons (Fsp3) is 0.647. The Bertz CT molecular complexity index is 354. The number of nitrogens with one attached hydrogen (secondary N) is 1. The lowest BCUT2D eigenvalue weighted by Gasteiger charge is -2.13. The van der Waals surface area contributed by atoms with Gasteiger partial charge in [0.1, 0.15) is 0 Å². The zero-order valence-corrected chi connectivity index (χ0v) is 15.4. The molecule has 0 aliphatic heterocycles. The SMILES string of the molecule is CC.CCC.CCNC(C)Cc1cccc(C(F)(F)F)c1.Cl. The second-order valence-electron chi connectivity index (χ2n) is 4.57. The normalized spacial score (nSPS) is 11.1. The molecule has 0 fully saturated rings. The number of benzene rings is 1. The van der Waals surface area contributed by atoms with Crippen LogP contribution in [0.2, 0.25) is 0 Å². The maximum Gasteiger partial charge on any atom is 0.416 e. The molecular weight excluding hydrogens is 311 g/mol. The van der Waals surface area contributed by atoms with Gasteiger partial charge in [0.15, 0.2) is 0 Å². The summed E-state index contributed by atoms with van der Waals surface area (Å²) in [5.74, 6) is 0. The van der Waals surface area contributed by atoms with Crippen molar-refractivity contribution in [2.24, 2.45) is 0 Å². The molecule has 1 atom stereocenters. The van der Waals surface area contributed by atoms with Gasteiger partial charge in [0.2, 0.25) is 0 Å². The van der Waals surface area contributed by atoms with Crippen LogP contribution in [-0.4, -0.2) is 12.6 Å². The largest absolute Gasteiger partial charge is 0.416 e. The monoisotopic (exact) mass is 341 g/mol. The van der Waals surface area contributed by atoms with E-state index in [9.17, 15) is 13.2 Å². The first-order valence-electron chi connectivity index (χ1n) is 7.74. The second kappa shape index (κ2) is 15.2. The molecular formula is C17H31ClF3N. The number of hydrogen-bond donors (Lipinski definition) is 1. The molecule has 1 nitrogen and oxygen atoms in total. The van der Waals surface area contributed by atoms with Gasteiger partial charge in [0.05, 0.1) is 5.56 Å². The summed E-state index contributed by atoms with van der Waals surface area (Å²) in [5.41, 5.74) is 0.136. The Balaban J connectivity index is -0.000000536. The zero-order valence-electron chi connectivity index (χ0n) is 14.6. The number of likely N-dealkylation sites (N-methyl/N-ethyl adjacent to an activating group) is 1. The molecule has 0 bridgehead atoms. The van der Waals surface area contributed by atoms with Gasteiger partial charge in [-0.05, 0) is 31.5 Å². The summed E-state index contributed by atoms with van der Waals surface area (Å²) >= 11 is 0. The van der Waals surface area contributed by atoms with Crippen LogP contribution in [0.5, 0.6) is 0 Å². The van der Waals surface area contributed by atoms with E-state index in [0.29, 0.717) is 12.0 Å². The maximum absolute atomic E-state index is 12.4. The van der Waals surface area contributed by atoms with Crippen molar-refractivity contribution in [2.45, 2.75) is 66.6 Å². The minimum atomic E-state index is -4.25. The van der Waals surface area contributed by atoms with Crippen LogP contribution in [0.4, 0.5) is 13.2 Å². The lowest BCUT2D eigenvalue weighted by molar-refractivity contribution is -0.137. The highest BCUT2D eigenvalue weighted by Crippen LogP contribution is 2.29. The third-order valence-electron chi connectivity index (χ3n) is 2.35. The number of alkyl halides is 3. The highest BCUT2D eigenvalue weighted by molar-refractivity contribution is 5.85. The van der Waals surface area contributed by atoms with Gasteiger partial charge in [0, 0.05) is 6.04 Å². The molecule has 1 aromatic carbocycles. The first-order chi connectivity index (χ1) is 9.85. The van der Waals surface area contributed by atoms with E-state index in [1.165, 1.54) is 18.6 Å². The van der Waals surface area contributed by atoms with Gasteiger partial charge in [-0.3, -0.25) is 0 Å². The summed E-state index contributed by atoms with van der Waals surface area (Å²) < 4.78 is 37.3. The first kappa shape index (κ1) is 26.2. The van der Waals surface area contributed by atoms with Crippen LogP contribution in [0.15, 0.2) is 24.3 Å². The Kier molecular flexibility index (Phi) is 18.0. The van der Waals surface area contributed by atoms with Crippen molar-refractivity contribution in [3.8, 4) is 0 Å². The van der Waals surface area contributed by atoms with Gasteiger partial charge >= 0.3 is 6.18 Å². The minimum absolute atomic E-state index is 0. The number of halogens is 4. The molecule has 0 aliphatic carbocycles. The molecule has 1 N–H and O–H groups in total. The zero-order chi connectivity index (χ0) is 16.9. The van der Waals surface area contributed by atoms with E-state index in [1.807, 2.05) is 27.7 Å². The summed E-state index contributed by atoms with van der Waals surface area (Å²) in [5, 5.41) is 3.17. The molecule has 132 valence electrons. The van der Waals surface area contributed by atoms with Crippen LogP contribution >= 0.6 is 12.4 Å². The summed E-state index contributed by atoms with van der Waals surface area (Å²) in [6, 6.07) is 5.68. The van der Waals surface area contributed by atoms with Crippen molar-refractivity contribution in [3.63, 3.8) is 0 Å². The van der Waals surface area contributed by atoms with Crippen molar-refractivity contribution < 1.29 is 13.2 Å². The molecule has 0 saturated heterocycles. The third-order valence-corrected chi connectivity index (χ3v) is 2.35. The van der Waals surface area contributed by atoms with Crippen molar-refractivity contribution in [3.05, 3.63) is 35.4 Å². The quantitative estimate of drug-likeness (QED) is 0.696. The lowest BCUT2D eigenvalue weighted by atomic mass is 10.0. The topological polar surface area (TPSA) is 12.0 Å². The Labute approximate surface area is 140 Å². The summed E-state index contributed by atoms with van der Waals surface area (Å²) in [6.45, 7) is 13.0. The number of hydrogen-bond acceptors (Lipinski definition) is 1. The Morgan fingerprint density at radius 2 is 1.59 bits per heavy atom. The summed E-state index contributed by atoms with van der Waals surface area (Å²) in [4.78, 5) is 0. The van der Waals surface area contributed by atoms with Gasteiger partial charge in [0.25, 0.3) is 0 Å². The van der Waals surface area contributed by atoms with E-state index in [-0.39, 0.29) is 18.4 Å². The standard InChI is InChI=1S/C12H16F3N.C3H8.C2H6.ClH/c1-3-16-9(2)7-10-5-4-6-11(8-10)12(13,14)15;1-3-2;1-2;/h4-6,8-9,16H,3,7H2,1-2H3;3H2,1-2H3;1-2H3;1H. The van der Waals surface area contributed by atoms with Gasteiger partial charge in [-0.15, -0.1) is 12.4 Å². The van der Waals surface area contributed by atoms with E-state index in [4.69, 9.17) is 0 Å². The average molecular weight is 342 g/mol. The molecule has 0 aromatic heterocycles. The minimum Gasteiger partial charge on any atom is -0.314 e. The van der Waals surface area contributed by atoms with E-state index in [0.717, 1.165) is 12.6 Å². The predicted octanol–water partition coefficient (Wildman–Crippen LogP) is 6.11. The Morgan fingerprint density at radius 3 is 2.00 bits per heavy atom. The van der Waals surface area contributed by atoms with Crippen molar-refractivity contribution in [2.75, 3.05) is 6.54 Å². The summed E-state index contributed by atoms with van der Waals surface area (Å²) in [6.07, 6.45) is -2.39. The van der Waals surface area contributed by atoms with Crippen LogP contribution in [0, 0.1) is 0 Å². The molecule has 1 unspecified atom stereocenters. The van der Waals surface area contributed by atoms with Gasteiger partial charge in [-0.25, -0.2) is 0 Å². The molecule has 0 aliphatic rings. The first-order valence-corrected chi connectivity index (χ1v) is 7.74. The molecule has 1 aromatic rings. The van der Waals surface area contributed by atoms with E-state index >= 15 is 0 Å². The van der Waals surface area contributed by atoms with Crippen LogP contribution in [-0.2, 0) is 12.6 Å². The van der Waals surface area contributed by atoms with E-state index in [2.05, 4.69) is 19.2 Å². The Hall–Kier alpha value is -0.740. The fourth-order valence-corrected chi connectivity index (χ4v) is 1.65. The molecule has 1 rings (SSSR count). The molecule has 22 heavy (non-hydrogen) atoms. The molecule has 5 heteroatoms. The molecule has 0 amide bonds. The van der Waals surface area contributed by atoms with Gasteiger partial charge in [-0.1, -0.05) is 59.2 Å². The van der Waals surface area contributed by atoms with Crippen LogP contribution in [0.3, 0.4) is 0 Å². The molecule has 0 spiro atoms. The summed E-state index contributed by atoms with van der Waals surface area (Å²) in [7, 11) is 0.